The second-order valence-electron chi connectivity index (χ2n) is 5.54. The van der Waals surface area contributed by atoms with Crippen LogP contribution in [0.4, 0.5) is 4.39 Å². The molecule has 0 bridgehead atoms. The van der Waals surface area contributed by atoms with Gasteiger partial charge in [-0.1, -0.05) is 26.7 Å². The summed E-state index contributed by atoms with van der Waals surface area (Å²) in [6, 6.07) is 5.22. The molecule has 2 unspecified atom stereocenters. The second-order valence-corrected chi connectivity index (χ2v) is 6.89. The number of nitrogens with one attached hydrogen (secondary N) is 1. The monoisotopic (exact) mass is 281 g/mol. The molecule has 0 amide bonds. The lowest BCUT2D eigenvalue weighted by molar-refractivity contribution is 0.394. The summed E-state index contributed by atoms with van der Waals surface area (Å²) in [6.07, 6.45) is 5.29. The fraction of sp³-hybridized carbons (Fsp3) is 0.625. The summed E-state index contributed by atoms with van der Waals surface area (Å²) < 4.78 is 13.4. The Morgan fingerprint density at radius 1 is 1.37 bits per heavy atom. The van der Waals surface area contributed by atoms with E-state index in [1.807, 2.05) is 17.8 Å². The molecular formula is C16H24FNS. The Morgan fingerprint density at radius 3 is 2.95 bits per heavy atom. The molecule has 1 aliphatic carbocycles. The normalized spacial score (nSPS) is 23.5. The predicted molar refractivity (Wildman–Crippen MR) is 81.1 cm³/mol. The molecule has 2 rings (SSSR count). The summed E-state index contributed by atoms with van der Waals surface area (Å²) in [5, 5.41) is 4.00. The number of benzene rings is 1. The molecule has 1 saturated carbocycles. The molecule has 0 spiro atoms. The zero-order valence-corrected chi connectivity index (χ0v) is 12.7. The first-order valence-corrected chi connectivity index (χ1v) is 8.22. The third-order valence-corrected chi connectivity index (χ3v) is 5.18. The summed E-state index contributed by atoms with van der Waals surface area (Å²) in [7, 11) is 0. The van der Waals surface area contributed by atoms with Crippen molar-refractivity contribution in [3.8, 4) is 0 Å². The van der Waals surface area contributed by atoms with Crippen molar-refractivity contribution in [2.75, 3.05) is 6.54 Å². The summed E-state index contributed by atoms with van der Waals surface area (Å²) in [6.45, 7) is 6.10. The van der Waals surface area contributed by atoms with Gasteiger partial charge < -0.3 is 5.32 Å². The van der Waals surface area contributed by atoms with Gasteiger partial charge in [0, 0.05) is 16.7 Å². The maximum absolute atomic E-state index is 13.4. The smallest absolute Gasteiger partial charge is 0.123 e. The molecule has 0 aliphatic heterocycles. The average molecular weight is 281 g/mol. The van der Waals surface area contributed by atoms with Gasteiger partial charge in [0.2, 0.25) is 0 Å². The van der Waals surface area contributed by atoms with Crippen LogP contribution in [0, 0.1) is 11.7 Å². The van der Waals surface area contributed by atoms with Crippen LogP contribution in [0.3, 0.4) is 0 Å². The number of thioether (sulfide) groups is 1. The highest BCUT2D eigenvalue weighted by Crippen LogP contribution is 2.37. The molecule has 0 aromatic heterocycles. The van der Waals surface area contributed by atoms with E-state index in [-0.39, 0.29) is 5.82 Å². The number of hydrogen-bond acceptors (Lipinski definition) is 2. The van der Waals surface area contributed by atoms with Crippen molar-refractivity contribution in [3.63, 3.8) is 0 Å². The molecule has 1 N–H and O–H groups in total. The van der Waals surface area contributed by atoms with Gasteiger partial charge in [-0.3, -0.25) is 0 Å². The van der Waals surface area contributed by atoms with Crippen LogP contribution < -0.4 is 5.32 Å². The van der Waals surface area contributed by atoms with E-state index in [1.165, 1.54) is 30.6 Å². The van der Waals surface area contributed by atoms with E-state index in [1.54, 1.807) is 12.1 Å². The Morgan fingerprint density at radius 2 is 2.21 bits per heavy atom. The van der Waals surface area contributed by atoms with Crippen molar-refractivity contribution >= 4 is 11.8 Å². The van der Waals surface area contributed by atoms with Crippen molar-refractivity contribution in [1.82, 2.24) is 5.32 Å². The molecule has 0 saturated heterocycles. The van der Waals surface area contributed by atoms with Crippen molar-refractivity contribution in [1.29, 1.82) is 0 Å². The van der Waals surface area contributed by atoms with Gasteiger partial charge in [0.05, 0.1) is 0 Å². The van der Waals surface area contributed by atoms with Gasteiger partial charge >= 0.3 is 0 Å². The minimum Gasteiger partial charge on any atom is -0.313 e. The van der Waals surface area contributed by atoms with E-state index < -0.39 is 0 Å². The van der Waals surface area contributed by atoms with Crippen molar-refractivity contribution in [2.45, 2.75) is 56.2 Å². The third-order valence-electron chi connectivity index (χ3n) is 3.77. The molecule has 1 aromatic carbocycles. The van der Waals surface area contributed by atoms with Gasteiger partial charge in [0.15, 0.2) is 0 Å². The molecule has 19 heavy (non-hydrogen) atoms. The molecule has 1 aromatic rings. The minimum atomic E-state index is -0.130. The largest absolute Gasteiger partial charge is 0.313 e. The Hall–Kier alpha value is -0.540. The van der Waals surface area contributed by atoms with Gasteiger partial charge in [-0.15, -0.1) is 11.8 Å². The number of halogens is 1. The van der Waals surface area contributed by atoms with Crippen molar-refractivity contribution in [2.24, 2.45) is 5.92 Å². The number of rotatable bonds is 5. The van der Waals surface area contributed by atoms with Gasteiger partial charge in [0.25, 0.3) is 0 Å². The van der Waals surface area contributed by atoms with Gasteiger partial charge in [-0.05, 0) is 49.1 Å². The maximum Gasteiger partial charge on any atom is 0.123 e. The molecule has 3 heteroatoms. The third kappa shape index (κ3) is 4.50. The van der Waals surface area contributed by atoms with E-state index in [2.05, 4.69) is 19.2 Å². The molecule has 106 valence electrons. The maximum atomic E-state index is 13.4. The molecule has 2 atom stereocenters. The minimum absolute atomic E-state index is 0.130. The van der Waals surface area contributed by atoms with E-state index in [9.17, 15) is 4.39 Å². The first-order valence-electron chi connectivity index (χ1n) is 7.34. The van der Waals surface area contributed by atoms with E-state index in [0.717, 1.165) is 24.6 Å². The second kappa shape index (κ2) is 7.30. The number of hydrogen-bond donors (Lipinski definition) is 1. The van der Waals surface area contributed by atoms with Gasteiger partial charge in [-0.25, -0.2) is 4.39 Å². The van der Waals surface area contributed by atoms with Crippen LogP contribution in [0.2, 0.25) is 0 Å². The van der Waals surface area contributed by atoms with Crippen LogP contribution >= 0.6 is 11.8 Å². The molecule has 1 aliphatic rings. The van der Waals surface area contributed by atoms with E-state index in [4.69, 9.17) is 0 Å². The molecule has 0 radical (unpaired) electrons. The van der Waals surface area contributed by atoms with Gasteiger partial charge in [-0.2, -0.15) is 0 Å². The topological polar surface area (TPSA) is 12.0 Å². The van der Waals surface area contributed by atoms with Gasteiger partial charge in [0.1, 0.15) is 5.82 Å². The van der Waals surface area contributed by atoms with Crippen LogP contribution in [-0.4, -0.2) is 11.8 Å². The Labute approximate surface area is 120 Å². The first-order chi connectivity index (χ1) is 9.19. The van der Waals surface area contributed by atoms with Crippen molar-refractivity contribution in [3.05, 3.63) is 29.6 Å². The Bertz CT molecular complexity index is 408. The molecule has 0 heterocycles. The van der Waals surface area contributed by atoms with E-state index >= 15 is 0 Å². The highest BCUT2D eigenvalue weighted by molar-refractivity contribution is 8.00. The fourth-order valence-corrected chi connectivity index (χ4v) is 4.22. The standard InChI is InChI=1S/C16H24FNS/c1-3-18-11-13-10-14(17)7-8-16(13)19-15-6-4-5-12(2)9-15/h7-8,10,12,15,18H,3-6,9,11H2,1-2H3. The SMILES string of the molecule is CCNCc1cc(F)ccc1SC1CCCC(C)C1. The highest BCUT2D eigenvalue weighted by atomic mass is 32.2. The predicted octanol–water partition coefficient (Wildman–Crippen LogP) is 4.61. The van der Waals surface area contributed by atoms with Crippen LogP contribution in [0.25, 0.3) is 0 Å². The Balaban J connectivity index is 2.05. The summed E-state index contributed by atoms with van der Waals surface area (Å²) in [5.41, 5.74) is 1.10. The van der Waals surface area contributed by atoms with Crippen molar-refractivity contribution < 1.29 is 4.39 Å². The van der Waals surface area contributed by atoms with Crippen LogP contribution in [-0.2, 0) is 6.54 Å². The molecule has 1 nitrogen and oxygen atoms in total. The first kappa shape index (κ1) is 14.9. The lowest BCUT2D eigenvalue weighted by Crippen LogP contribution is -2.16. The van der Waals surface area contributed by atoms with E-state index in [0.29, 0.717) is 5.25 Å². The zero-order chi connectivity index (χ0) is 13.7. The van der Waals surface area contributed by atoms with Crippen LogP contribution in [0.1, 0.15) is 45.1 Å². The van der Waals surface area contributed by atoms with Crippen LogP contribution in [0.5, 0.6) is 0 Å². The fourth-order valence-electron chi connectivity index (χ4n) is 2.73. The summed E-state index contributed by atoms with van der Waals surface area (Å²) in [5.74, 6) is 0.707. The highest BCUT2D eigenvalue weighted by Gasteiger charge is 2.20. The molecule has 1 fully saturated rings. The lowest BCUT2D eigenvalue weighted by atomic mass is 9.91. The quantitative estimate of drug-likeness (QED) is 0.846. The Kier molecular flexibility index (Phi) is 5.71. The summed E-state index contributed by atoms with van der Waals surface area (Å²) in [4.78, 5) is 1.25. The summed E-state index contributed by atoms with van der Waals surface area (Å²) >= 11 is 1.95. The zero-order valence-electron chi connectivity index (χ0n) is 11.9. The average Bonchev–Trinajstić information content (AvgIpc) is 2.39. The van der Waals surface area contributed by atoms with Crippen LogP contribution in [0.15, 0.2) is 23.1 Å². The molecular weight excluding hydrogens is 257 g/mol. The lowest BCUT2D eigenvalue weighted by Gasteiger charge is -2.26.